The topological polar surface area (TPSA) is 84.2 Å². The minimum Gasteiger partial charge on any atom is -0.369 e. The number of aryl methyl sites for hydroxylation is 1. The van der Waals surface area contributed by atoms with Crippen molar-refractivity contribution in [2.24, 2.45) is 5.92 Å². The number of pyridine rings is 2. The summed E-state index contributed by atoms with van der Waals surface area (Å²) in [5.74, 6) is 1.20. The van der Waals surface area contributed by atoms with E-state index in [-0.39, 0.29) is 5.91 Å². The van der Waals surface area contributed by atoms with E-state index in [1.807, 2.05) is 47.9 Å². The first-order chi connectivity index (χ1) is 13.7. The Morgan fingerprint density at radius 1 is 1.18 bits per heavy atom. The van der Waals surface area contributed by atoms with Gasteiger partial charge in [-0.2, -0.15) is 0 Å². The van der Waals surface area contributed by atoms with Crippen LogP contribution in [0.1, 0.15) is 28.9 Å². The van der Waals surface area contributed by atoms with Gasteiger partial charge in [0, 0.05) is 18.9 Å². The molecule has 0 saturated heterocycles. The summed E-state index contributed by atoms with van der Waals surface area (Å²) in [4.78, 5) is 26.5. The average molecular weight is 372 g/mol. The van der Waals surface area contributed by atoms with Crippen molar-refractivity contribution in [3.8, 4) is 0 Å². The van der Waals surface area contributed by atoms with Crippen molar-refractivity contribution in [1.82, 2.24) is 19.4 Å². The number of hydrogen-bond acceptors (Lipinski definition) is 5. The molecule has 2 N–H and O–H groups in total. The molecule has 4 aromatic heterocycles. The number of anilines is 2. The van der Waals surface area contributed by atoms with Crippen molar-refractivity contribution in [3.63, 3.8) is 0 Å². The highest BCUT2D eigenvalue weighted by atomic mass is 16.1. The van der Waals surface area contributed by atoms with Crippen molar-refractivity contribution in [2.75, 3.05) is 17.2 Å². The molecular weight excluding hydrogens is 352 g/mol. The summed E-state index contributed by atoms with van der Waals surface area (Å²) in [6.07, 6.45) is 7.66. The van der Waals surface area contributed by atoms with E-state index in [2.05, 4.69) is 25.6 Å². The Balaban J connectivity index is 1.66. The van der Waals surface area contributed by atoms with E-state index < -0.39 is 0 Å². The van der Waals surface area contributed by atoms with Gasteiger partial charge in [-0.25, -0.2) is 9.97 Å². The Morgan fingerprint density at radius 3 is 2.89 bits per heavy atom. The van der Waals surface area contributed by atoms with Gasteiger partial charge in [-0.05, 0) is 49.9 Å². The van der Waals surface area contributed by atoms with Crippen LogP contribution in [0.4, 0.5) is 11.5 Å². The van der Waals surface area contributed by atoms with E-state index in [0.717, 1.165) is 28.8 Å². The second-order valence-electron chi connectivity index (χ2n) is 7.17. The van der Waals surface area contributed by atoms with E-state index in [1.54, 1.807) is 12.5 Å². The lowest BCUT2D eigenvalue weighted by Crippen LogP contribution is -2.14. The molecule has 28 heavy (non-hydrogen) atoms. The Bertz CT molecular complexity index is 1190. The van der Waals surface area contributed by atoms with Crippen molar-refractivity contribution in [3.05, 3.63) is 60.3 Å². The Morgan fingerprint density at radius 2 is 2.07 bits per heavy atom. The molecule has 7 nitrogen and oxygen atoms in total. The third kappa shape index (κ3) is 2.85. The standard InChI is InChI=1S/C21H20N6O/c1-13-15(5-4-9-22-13)26-21(28)17-16-6-2-3-10-27(16)20-18(17)19(24-12-25-20)23-11-14-7-8-14/h2-6,9-10,12,14H,7-8,11H2,1H3,(H,26,28)(H,23,24,25). The number of rotatable bonds is 5. The number of nitrogens with zero attached hydrogens (tertiary/aromatic N) is 4. The average Bonchev–Trinajstić information content (AvgIpc) is 3.48. The lowest BCUT2D eigenvalue weighted by Gasteiger charge is -2.09. The molecule has 4 aromatic rings. The normalized spacial score (nSPS) is 13.8. The molecule has 1 fully saturated rings. The van der Waals surface area contributed by atoms with Crippen LogP contribution in [-0.2, 0) is 0 Å². The molecule has 0 radical (unpaired) electrons. The van der Waals surface area contributed by atoms with Gasteiger partial charge < -0.3 is 15.0 Å². The van der Waals surface area contributed by atoms with Crippen LogP contribution in [-0.4, -0.2) is 31.8 Å². The van der Waals surface area contributed by atoms with Gasteiger partial charge in [-0.3, -0.25) is 9.78 Å². The van der Waals surface area contributed by atoms with Gasteiger partial charge in [0.25, 0.3) is 5.91 Å². The summed E-state index contributed by atoms with van der Waals surface area (Å²) in [5, 5.41) is 7.17. The van der Waals surface area contributed by atoms with Crippen molar-refractivity contribution in [2.45, 2.75) is 19.8 Å². The summed E-state index contributed by atoms with van der Waals surface area (Å²) in [6.45, 7) is 2.73. The zero-order chi connectivity index (χ0) is 19.1. The minimum atomic E-state index is -0.195. The summed E-state index contributed by atoms with van der Waals surface area (Å²) in [7, 11) is 0. The molecule has 1 aliphatic carbocycles. The molecule has 0 aliphatic heterocycles. The van der Waals surface area contributed by atoms with Crippen LogP contribution in [0.25, 0.3) is 16.6 Å². The quantitative estimate of drug-likeness (QED) is 0.558. The monoisotopic (exact) mass is 372 g/mol. The molecule has 0 bridgehead atoms. The first kappa shape index (κ1) is 16.7. The number of carbonyl (C=O) groups excluding carboxylic acids is 1. The third-order valence-electron chi connectivity index (χ3n) is 5.16. The first-order valence-corrected chi connectivity index (χ1v) is 9.43. The number of carbonyl (C=O) groups is 1. The molecule has 5 rings (SSSR count). The molecule has 1 saturated carbocycles. The highest BCUT2D eigenvalue weighted by Crippen LogP contribution is 2.33. The lowest BCUT2D eigenvalue weighted by atomic mass is 10.1. The number of aromatic nitrogens is 4. The van der Waals surface area contributed by atoms with Gasteiger partial charge in [-0.1, -0.05) is 6.07 Å². The maximum atomic E-state index is 13.3. The molecule has 4 heterocycles. The molecule has 0 atom stereocenters. The molecule has 0 spiro atoms. The van der Waals surface area contributed by atoms with Crippen molar-refractivity contribution >= 4 is 34.0 Å². The van der Waals surface area contributed by atoms with Crippen LogP contribution in [0.2, 0.25) is 0 Å². The van der Waals surface area contributed by atoms with Crippen LogP contribution in [0.15, 0.2) is 49.1 Å². The van der Waals surface area contributed by atoms with Crippen LogP contribution < -0.4 is 10.6 Å². The molecule has 0 aromatic carbocycles. The van der Waals surface area contributed by atoms with Gasteiger partial charge in [0.05, 0.1) is 27.8 Å². The molecule has 1 aliphatic rings. The van der Waals surface area contributed by atoms with E-state index in [4.69, 9.17) is 0 Å². The minimum absolute atomic E-state index is 0.195. The SMILES string of the molecule is Cc1ncccc1NC(=O)c1c2c(NCC3CC3)ncnc2n2ccccc12. The number of nitrogens with one attached hydrogen (secondary N) is 2. The molecular formula is C21H20N6O. The van der Waals surface area contributed by atoms with Gasteiger partial charge in [-0.15, -0.1) is 0 Å². The van der Waals surface area contributed by atoms with Crippen molar-refractivity contribution in [1.29, 1.82) is 0 Å². The van der Waals surface area contributed by atoms with Crippen LogP contribution >= 0.6 is 0 Å². The maximum Gasteiger partial charge on any atom is 0.258 e. The first-order valence-electron chi connectivity index (χ1n) is 9.43. The summed E-state index contributed by atoms with van der Waals surface area (Å²) in [6, 6.07) is 9.44. The third-order valence-corrected chi connectivity index (χ3v) is 5.16. The Hall–Kier alpha value is -3.48. The lowest BCUT2D eigenvalue weighted by molar-refractivity contribution is 0.102. The van der Waals surface area contributed by atoms with E-state index in [1.165, 1.54) is 12.8 Å². The fourth-order valence-corrected chi connectivity index (χ4v) is 3.48. The molecule has 0 unspecified atom stereocenters. The van der Waals surface area contributed by atoms with Crippen LogP contribution in [0.3, 0.4) is 0 Å². The summed E-state index contributed by atoms with van der Waals surface area (Å²) >= 11 is 0. The highest BCUT2D eigenvalue weighted by molar-refractivity contribution is 6.20. The Labute approximate surface area is 161 Å². The summed E-state index contributed by atoms with van der Waals surface area (Å²) < 4.78 is 1.93. The van der Waals surface area contributed by atoms with Crippen LogP contribution in [0, 0.1) is 12.8 Å². The van der Waals surface area contributed by atoms with Gasteiger partial charge in [0.1, 0.15) is 12.1 Å². The fraction of sp³-hybridized carbons (Fsp3) is 0.238. The van der Waals surface area contributed by atoms with Gasteiger partial charge >= 0.3 is 0 Å². The number of fused-ring (bicyclic) bond motifs is 3. The van der Waals surface area contributed by atoms with E-state index in [9.17, 15) is 4.79 Å². The fourth-order valence-electron chi connectivity index (χ4n) is 3.48. The molecule has 1 amide bonds. The largest absolute Gasteiger partial charge is 0.369 e. The Kier molecular flexibility index (Phi) is 3.93. The second kappa shape index (κ2) is 6.60. The predicted molar refractivity (Wildman–Crippen MR) is 109 cm³/mol. The van der Waals surface area contributed by atoms with Gasteiger partial charge in [0.2, 0.25) is 0 Å². The zero-order valence-corrected chi connectivity index (χ0v) is 15.5. The second-order valence-corrected chi connectivity index (χ2v) is 7.17. The van der Waals surface area contributed by atoms with Crippen LogP contribution in [0.5, 0.6) is 0 Å². The maximum absolute atomic E-state index is 13.3. The molecule has 7 heteroatoms. The summed E-state index contributed by atoms with van der Waals surface area (Å²) in [5.41, 5.74) is 3.55. The predicted octanol–water partition coefficient (Wildman–Crippen LogP) is 3.66. The smallest absolute Gasteiger partial charge is 0.258 e. The molecule has 140 valence electrons. The zero-order valence-electron chi connectivity index (χ0n) is 15.5. The van der Waals surface area contributed by atoms with E-state index >= 15 is 0 Å². The number of hydrogen-bond donors (Lipinski definition) is 2. The van der Waals surface area contributed by atoms with Gasteiger partial charge in [0.15, 0.2) is 5.65 Å². The van der Waals surface area contributed by atoms with Crippen molar-refractivity contribution < 1.29 is 4.79 Å². The highest BCUT2D eigenvalue weighted by Gasteiger charge is 2.25. The number of amides is 1. The van der Waals surface area contributed by atoms with E-state index in [0.29, 0.717) is 23.0 Å².